The Bertz CT molecular complexity index is 329. The minimum Gasteiger partial charge on any atom is -0.396 e. The van der Waals surface area contributed by atoms with Crippen molar-refractivity contribution in [1.82, 2.24) is 4.90 Å². The van der Waals surface area contributed by atoms with Crippen molar-refractivity contribution in [2.24, 2.45) is 0 Å². The van der Waals surface area contributed by atoms with Crippen LogP contribution in [-0.2, 0) is 4.74 Å². The van der Waals surface area contributed by atoms with E-state index in [-0.39, 0.29) is 6.10 Å². The Morgan fingerprint density at radius 3 is 3.00 bits per heavy atom. The van der Waals surface area contributed by atoms with Crippen LogP contribution in [0.25, 0.3) is 0 Å². The number of rotatable bonds is 6. The van der Waals surface area contributed by atoms with Crippen molar-refractivity contribution in [2.45, 2.75) is 38.4 Å². The summed E-state index contributed by atoms with van der Waals surface area (Å²) in [6, 6.07) is 2.16. The number of aliphatic hydroxyl groups is 1. The van der Waals surface area contributed by atoms with Gasteiger partial charge >= 0.3 is 0 Å². The van der Waals surface area contributed by atoms with Crippen LogP contribution in [0.5, 0.6) is 0 Å². The largest absolute Gasteiger partial charge is 0.396 e. The summed E-state index contributed by atoms with van der Waals surface area (Å²) < 4.78 is 6.01. The van der Waals surface area contributed by atoms with Gasteiger partial charge in [0.05, 0.1) is 12.2 Å². The highest BCUT2D eigenvalue weighted by molar-refractivity contribution is 7.07. The average Bonchev–Trinajstić information content (AvgIpc) is 2.88. The third-order valence-corrected chi connectivity index (χ3v) is 4.08. The minimum atomic E-state index is 0.234. The fourth-order valence-electron chi connectivity index (χ4n) is 2.49. The van der Waals surface area contributed by atoms with Crippen LogP contribution in [0, 0.1) is 0 Å². The highest BCUT2D eigenvalue weighted by Gasteiger charge is 2.26. The first kappa shape index (κ1) is 14.0. The molecule has 2 rings (SSSR count). The summed E-state index contributed by atoms with van der Waals surface area (Å²) in [6.45, 7) is 5.62. The van der Waals surface area contributed by atoms with Crippen LogP contribution >= 0.6 is 11.3 Å². The molecule has 0 amide bonds. The first-order valence-corrected chi connectivity index (χ1v) is 7.74. The predicted octanol–water partition coefficient (Wildman–Crippen LogP) is 2.67. The van der Waals surface area contributed by atoms with Gasteiger partial charge in [0.2, 0.25) is 0 Å². The lowest BCUT2D eigenvalue weighted by Gasteiger charge is -2.36. The molecule has 1 saturated heterocycles. The van der Waals surface area contributed by atoms with Gasteiger partial charge in [-0.15, -0.1) is 0 Å². The third kappa shape index (κ3) is 4.05. The highest BCUT2D eigenvalue weighted by Crippen LogP contribution is 2.26. The molecule has 2 atom stereocenters. The Labute approximate surface area is 113 Å². The number of hydrogen-bond donors (Lipinski definition) is 1. The van der Waals surface area contributed by atoms with Crippen LogP contribution in [0.3, 0.4) is 0 Å². The third-order valence-electron chi connectivity index (χ3n) is 3.38. The summed E-state index contributed by atoms with van der Waals surface area (Å²) in [7, 11) is 0. The second-order valence-corrected chi connectivity index (χ2v) is 5.82. The summed E-state index contributed by atoms with van der Waals surface area (Å²) in [5.74, 6) is 0. The maximum absolute atomic E-state index is 8.78. The number of nitrogens with zero attached hydrogens (tertiary/aromatic N) is 1. The van der Waals surface area contributed by atoms with E-state index >= 15 is 0 Å². The van der Waals surface area contributed by atoms with Gasteiger partial charge in [-0.2, -0.15) is 11.3 Å². The van der Waals surface area contributed by atoms with Gasteiger partial charge in [-0.25, -0.2) is 0 Å². The second kappa shape index (κ2) is 7.24. The van der Waals surface area contributed by atoms with Crippen molar-refractivity contribution < 1.29 is 9.84 Å². The number of hydrogen-bond acceptors (Lipinski definition) is 4. The molecule has 18 heavy (non-hydrogen) atoms. The van der Waals surface area contributed by atoms with Gasteiger partial charge in [-0.3, -0.25) is 4.90 Å². The van der Waals surface area contributed by atoms with Gasteiger partial charge in [0.15, 0.2) is 0 Å². The first-order valence-electron chi connectivity index (χ1n) is 6.80. The topological polar surface area (TPSA) is 32.7 Å². The highest BCUT2D eigenvalue weighted by atomic mass is 32.1. The van der Waals surface area contributed by atoms with E-state index in [9.17, 15) is 0 Å². The monoisotopic (exact) mass is 269 g/mol. The Hall–Kier alpha value is -0.420. The first-order chi connectivity index (χ1) is 8.79. The summed E-state index contributed by atoms with van der Waals surface area (Å²) in [6.07, 6.45) is 3.75. The Morgan fingerprint density at radius 1 is 1.39 bits per heavy atom. The Kier molecular flexibility index (Phi) is 5.63. The van der Waals surface area contributed by atoms with Crippen LogP contribution in [0.2, 0.25) is 0 Å². The molecule has 0 aliphatic carbocycles. The van der Waals surface area contributed by atoms with E-state index in [0.29, 0.717) is 12.7 Å². The number of ether oxygens (including phenoxy) is 1. The van der Waals surface area contributed by atoms with E-state index in [1.807, 2.05) is 0 Å². The smallest absolute Gasteiger partial charge is 0.0964 e. The fourth-order valence-corrected chi connectivity index (χ4v) is 3.19. The summed E-state index contributed by atoms with van der Waals surface area (Å²) in [5.41, 5.74) is 1.31. The lowest BCUT2D eigenvalue weighted by atomic mass is 10.1. The predicted molar refractivity (Wildman–Crippen MR) is 75.0 cm³/mol. The van der Waals surface area contributed by atoms with Crippen molar-refractivity contribution in [2.75, 3.05) is 26.2 Å². The van der Waals surface area contributed by atoms with Gasteiger partial charge < -0.3 is 9.84 Å². The molecule has 102 valence electrons. The van der Waals surface area contributed by atoms with Crippen molar-refractivity contribution in [3.05, 3.63) is 22.4 Å². The van der Waals surface area contributed by atoms with E-state index in [1.54, 1.807) is 11.3 Å². The molecule has 1 aromatic heterocycles. The standard InChI is InChI=1S/C14H23NO2S/c1-12-9-15(6-3-2-4-7-16)10-14(17-12)13-5-8-18-11-13/h5,8,11-12,14,16H,2-4,6-7,9-10H2,1H3. The lowest BCUT2D eigenvalue weighted by Crippen LogP contribution is -2.43. The zero-order valence-electron chi connectivity index (χ0n) is 11.0. The van der Waals surface area contributed by atoms with Crippen molar-refractivity contribution in [3.8, 4) is 0 Å². The molecular weight excluding hydrogens is 246 g/mol. The van der Waals surface area contributed by atoms with Gasteiger partial charge in [-0.1, -0.05) is 0 Å². The molecule has 0 spiro atoms. The van der Waals surface area contributed by atoms with Crippen LogP contribution in [-0.4, -0.2) is 42.4 Å². The quantitative estimate of drug-likeness (QED) is 0.806. The van der Waals surface area contributed by atoms with Crippen LogP contribution in [0.15, 0.2) is 16.8 Å². The molecule has 1 aromatic rings. The van der Waals surface area contributed by atoms with E-state index in [1.165, 1.54) is 12.0 Å². The molecule has 4 heteroatoms. The van der Waals surface area contributed by atoms with Crippen molar-refractivity contribution in [1.29, 1.82) is 0 Å². The van der Waals surface area contributed by atoms with Gasteiger partial charge in [0.25, 0.3) is 0 Å². The Morgan fingerprint density at radius 2 is 2.28 bits per heavy atom. The summed E-state index contributed by atoms with van der Waals surface area (Å²) >= 11 is 1.73. The normalized spacial score (nSPS) is 25.4. The van der Waals surface area contributed by atoms with E-state index in [4.69, 9.17) is 9.84 Å². The molecular formula is C14H23NO2S. The SMILES string of the molecule is CC1CN(CCCCCO)CC(c2ccsc2)O1. The molecule has 1 N–H and O–H groups in total. The van der Waals surface area contributed by atoms with Crippen LogP contribution in [0.4, 0.5) is 0 Å². The van der Waals surface area contributed by atoms with E-state index in [2.05, 4.69) is 28.7 Å². The molecule has 1 fully saturated rings. The maximum atomic E-state index is 8.78. The summed E-state index contributed by atoms with van der Waals surface area (Å²) in [5, 5.41) is 13.1. The Balaban J connectivity index is 1.81. The van der Waals surface area contributed by atoms with Crippen LogP contribution in [0.1, 0.15) is 37.9 Å². The molecule has 0 bridgehead atoms. The van der Waals surface area contributed by atoms with Gasteiger partial charge in [0, 0.05) is 19.7 Å². The number of morpholine rings is 1. The maximum Gasteiger partial charge on any atom is 0.0964 e. The van der Waals surface area contributed by atoms with Crippen molar-refractivity contribution >= 4 is 11.3 Å². The molecule has 2 unspecified atom stereocenters. The molecule has 3 nitrogen and oxygen atoms in total. The molecule has 1 aliphatic heterocycles. The minimum absolute atomic E-state index is 0.234. The number of thiophene rings is 1. The number of unbranched alkanes of at least 4 members (excludes halogenated alkanes) is 2. The molecule has 1 aliphatic rings. The molecule has 0 radical (unpaired) electrons. The number of aliphatic hydroxyl groups excluding tert-OH is 1. The average molecular weight is 269 g/mol. The van der Waals surface area contributed by atoms with Gasteiger partial charge in [0.1, 0.15) is 0 Å². The van der Waals surface area contributed by atoms with Crippen LogP contribution < -0.4 is 0 Å². The molecule has 2 heterocycles. The van der Waals surface area contributed by atoms with E-state index < -0.39 is 0 Å². The zero-order valence-corrected chi connectivity index (χ0v) is 11.9. The zero-order chi connectivity index (χ0) is 12.8. The molecule has 0 saturated carbocycles. The van der Waals surface area contributed by atoms with Crippen molar-refractivity contribution in [3.63, 3.8) is 0 Å². The summed E-state index contributed by atoms with van der Waals surface area (Å²) in [4.78, 5) is 2.49. The fraction of sp³-hybridized carbons (Fsp3) is 0.714. The van der Waals surface area contributed by atoms with Gasteiger partial charge in [-0.05, 0) is 55.1 Å². The van der Waals surface area contributed by atoms with E-state index in [0.717, 1.165) is 32.5 Å². The second-order valence-electron chi connectivity index (χ2n) is 5.04. The molecule has 0 aromatic carbocycles. The lowest BCUT2D eigenvalue weighted by molar-refractivity contribution is -0.0790.